The van der Waals surface area contributed by atoms with E-state index in [1.165, 1.54) is 11.0 Å². The average Bonchev–Trinajstić information content (AvgIpc) is 2.99. The van der Waals surface area contributed by atoms with E-state index in [0.29, 0.717) is 40.6 Å². The van der Waals surface area contributed by atoms with Gasteiger partial charge in [0.15, 0.2) is 6.10 Å². The largest absolute Gasteiger partial charge is 0.480 e. The fourth-order valence-corrected chi connectivity index (χ4v) is 4.29. The van der Waals surface area contributed by atoms with Crippen LogP contribution in [0.5, 0.6) is 5.75 Å². The summed E-state index contributed by atoms with van der Waals surface area (Å²) in [6, 6.07) is 17.2. The molecule has 0 fully saturated rings. The summed E-state index contributed by atoms with van der Waals surface area (Å²) in [6.07, 6.45) is -4.84. The third-order valence-corrected chi connectivity index (χ3v) is 6.37. The highest BCUT2D eigenvalue weighted by atomic mass is 19.4. The van der Waals surface area contributed by atoms with Gasteiger partial charge in [0, 0.05) is 30.0 Å². The Bertz CT molecular complexity index is 1310. The molecule has 9 heteroatoms. The van der Waals surface area contributed by atoms with Crippen LogP contribution < -0.4 is 15.4 Å². The van der Waals surface area contributed by atoms with E-state index in [0.717, 1.165) is 17.7 Å². The maximum absolute atomic E-state index is 13.2. The molecule has 2 N–H and O–H groups in total. The van der Waals surface area contributed by atoms with Crippen LogP contribution in [-0.2, 0) is 24.1 Å². The number of alkyl halides is 3. The van der Waals surface area contributed by atoms with Gasteiger partial charge in [-0.1, -0.05) is 45.0 Å². The number of benzene rings is 3. The SMILES string of the molecule is CCC1Oc2ccc(NC(=O)Nc3ccc(C(C)C)cc3)cc2CN(Cc2cccc(C(F)(F)F)c2)C1=O. The van der Waals surface area contributed by atoms with E-state index in [2.05, 4.69) is 24.5 Å². The van der Waals surface area contributed by atoms with Gasteiger partial charge in [-0.15, -0.1) is 0 Å². The molecule has 1 atom stereocenters. The van der Waals surface area contributed by atoms with Crippen LogP contribution in [0.4, 0.5) is 29.3 Å². The molecular formula is C29H30F3N3O3. The minimum Gasteiger partial charge on any atom is -0.480 e. The molecule has 1 unspecified atom stereocenters. The van der Waals surface area contributed by atoms with Crippen LogP contribution in [0.3, 0.4) is 0 Å². The van der Waals surface area contributed by atoms with E-state index in [9.17, 15) is 22.8 Å². The molecule has 0 saturated carbocycles. The van der Waals surface area contributed by atoms with Crippen LogP contribution in [0, 0.1) is 0 Å². The first-order valence-electron chi connectivity index (χ1n) is 12.5. The predicted molar refractivity (Wildman–Crippen MR) is 140 cm³/mol. The summed E-state index contributed by atoms with van der Waals surface area (Å²) < 4.78 is 45.5. The highest BCUT2D eigenvalue weighted by Gasteiger charge is 2.32. The lowest BCUT2D eigenvalue weighted by Crippen LogP contribution is -2.38. The lowest BCUT2D eigenvalue weighted by Gasteiger charge is -2.23. The molecule has 38 heavy (non-hydrogen) atoms. The fourth-order valence-electron chi connectivity index (χ4n) is 4.29. The topological polar surface area (TPSA) is 70.7 Å². The number of carbonyl (C=O) groups is 2. The zero-order valence-corrected chi connectivity index (χ0v) is 21.4. The Labute approximate surface area is 219 Å². The standard InChI is InChI=1S/C29H30F3N3O3/c1-4-25-27(36)35(16-19-6-5-7-22(14-19)29(30,31)32)17-21-15-24(12-13-26(21)38-25)34-28(37)33-23-10-8-20(9-11-23)18(2)3/h5-15,18,25H,4,16-17H2,1-3H3,(H2,33,34,37). The second-order valence-corrected chi connectivity index (χ2v) is 9.59. The molecule has 1 aliphatic heterocycles. The first-order valence-corrected chi connectivity index (χ1v) is 12.5. The lowest BCUT2D eigenvalue weighted by atomic mass is 10.0. The number of hydrogen-bond acceptors (Lipinski definition) is 3. The summed E-state index contributed by atoms with van der Waals surface area (Å²) in [5.41, 5.74) is 2.54. The van der Waals surface area contributed by atoms with Crippen molar-refractivity contribution in [1.29, 1.82) is 0 Å². The summed E-state index contributed by atoms with van der Waals surface area (Å²) in [4.78, 5) is 27.2. The molecule has 0 spiro atoms. The molecule has 3 amide bonds. The monoisotopic (exact) mass is 525 g/mol. The molecule has 3 aromatic rings. The number of carbonyl (C=O) groups excluding carboxylic acids is 2. The maximum Gasteiger partial charge on any atom is 0.416 e. The van der Waals surface area contributed by atoms with Crippen molar-refractivity contribution in [1.82, 2.24) is 4.90 Å². The Balaban J connectivity index is 1.51. The molecule has 0 saturated heterocycles. The van der Waals surface area contributed by atoms with Crippen LogP contribution in [0.2, 0.25) is 0 Å². The second kappa shape index (κ2) is 11.2. The van der Waals surface area contributed by atoms with E-state index in [4.69, 9.17) is 4.74 Å². The Morgan fingerprint density at radius 3 is 2.37 bits per heavy atom. The number of nitrogens with zero attached hydrogens (tertiary/aromatic N) is 1. The van der Waals surface area contributed by atoms with E-state index in [-0.39, 0.29) is 19.0 Å². The van der Waals surface area contributed by atoms with E-state index in [1.807, 2.05) is 31.2 Å². The number of amides is 3. The van der Waals surface area contributed by atoms with Gasteiger partial charge in [-0.2, -0.15) is 13.2 Å². The summed E-state index contributed by atoms with van der Waals surface area (Å²) in [7, 11) is 0. The van der Waals surface area contributed by atoms with Gasteiger partial charge in [-0.05, 0) is 65.9 Å². The van der Waals surface area contributed by atoms with Gasteiger partial charge < -0.3 is 20.3 Å². The van der Waals surface area contributed by atoms with Gasteiger partial charge in [0.25, 0.3) is 5.91 Å². The van der Waals surface area contributed by atoms with Crippen molar-refractivity contribution in [2.24, 2.45) is 0 Å². The summed E-state index contributed by atoms with van der Waals surface area (Å²) >= 11 is 0. The number of halogens is 3. The number of urea groups is 1. The minimum atomic E-state index is -4.47. The van der Waals surface area contributed by atoms with Crippen LogP contribution in [0.1, 0.15) is 55.4 Å². The van der Waals surface area contributed by atoms with E-state index >= 15 is 0 Å². The van der Waals surface area contributed by atoms with Gasteiger partial charge in [0.2, 0.25) is 0 Å². The van der Waals surface area contributed by atoms with Crippen LogP contribution >= 0.6 is 0 Å². The van der Waals surface area contributed by atoms with E-state index in [1.54, 1.807) is 24.3 Å². The second-order valence-electron chi connectivity index (χ2n) is 9.59. The van der Waals surface area contributed by atoms with Gasteiger partial charge in [-0.3, -0.25) is 4.79 Å². The van der Waals surface area contributed by atoms with Crippen LogP contribution in [0.15, 0.2) is 66.7 Å². The molecule has 6 nitrogen and oxygen atoms in total. The molecule has 200 valence electrons. The number of anilines is 2. The normalized spacial score (nSPS) is 15.5. The summed E-state index contributed by atoms with van der Waals surface area (Å²) in [5.74, 6) is 0.567. The molecule has 1 heterocycles. The lowest BCUT2D eigenvalue weighted by molar-refractivity contribution is -0.139. The number of nitrogens with one attached hydrogen (secondary N) is 2. The van der Waals surface area contributed by atoms with E-state index < -0.39 is 23.9 Å². The highest BCUT2D eigenvalue weighted by Crippen LogP contribution is 2.32. The number of fused-ring (bicyclic) bond motifs is 1. The van der Waals surface area contributed by atoms with Crippen molar-refractivity contribution in [3.05, 3.63) is 89.0 Å². The first kappa shape index (κ1) is 27.0. The van der Waals surface area contributed by atoms with Crippen molar-refractivity contribution in [2.75, 3.05) is 10.6 Å². The predicted octanol–water partition coefficient (Wildman–Crippen LogP) is 7.17. The quantitative estimate of drug-likeness (QED) is 0.358. The Morgan fingerprint density at radius 2 is 1.71 bits per heavy atom. The summed E-state index contributed by atoms with van der Waals surface area (Å²) in [6.45, 7) is 6.10. The van der Waals surface area contributed by atoms with Crippen LogP contribution in [-0.4, -0.2) is 22.9 Å². The maximum atomic E-state index is 13.2. The summed E-state index contributed by atoms with van der Waals surface area (Å²) in [5, 5.41) is 5.58. The molecule has 0 aromatic heterocycles. The molecular weight excluding hydrogens is 495 g/mol. The van der Waals surface area contributed by atoms with Gasteiger partial charge in [0.1, 0.15) is 5.75 Å². The third-order valence-electron chi connectivity index (χ3n) is 6.37. The molecule has 0 radical (unpaired) electrons. The zero-order valence-electron chi connectivity index (χ0n) is 21.4. The number of ether oxygens (including phenoxy) is 1. The number of hydrogen-bond donors (Lipinski definition) is 2. The Kier molecular flexibility index (Phi) is 7.94. The molecule has 3 aromatic carbocycles. The third kappa shape index (κ3) is 6.45. The number of rotatable bonds is 6. The fraction of sp³-hybridized carbons (Fsp3) is 0.310. The molecule has 1 aliphatic rings. The van der Waals surface area contributed by atoms with Crippen molar-refractivity contribution in [2.45, 2.75) is 58.5 Å². The Morgan fingerprint density at radius 1 is 1.03 bits per heavy atom. The van der Waals surface area contributed by atoms with Crippen LogP contribution in [0.25, 0.3) is 0 Å². The van der Waals surface area contributed by atoms with Crippen molar-refractivity contribution < 1.29 is 27.5 Å². The highest BCUT2D eigenvalue weighted by molar-refractivity contribution is 5.99. The molecule has 0 bridgehead atoms. The van der Waals surface area contributed by atoms with Crippen molar-refractivity contribution in [3.8, 4) is 5.75 Å². The Hall–Kier alpha value is -4.01. The minimum absolute atomic E-state index is 0.00737. The van der Waals surface area contributed by atoms with Crippen molar-refractivity contribution >= 4 is 23.3 Å². The first-order chi connectivity index (χ1) is 18.0. The van der Waals surface area contributed by atoms with Gasteiger partial charge >= 0.3 is 12.2 Å². The van der Waals surface area contributed by atoms with Gasteiger partial charge in [0.05, 0.1) is 5.56 Å². The molecule has 0 aliphatic carbocycles. The van der Waals surface area contributed by atoms with Crippen molar-refractivity contribution in [3.63, 3.8) is 0 Å². The average molecular weight is 526 g/mol. The zero-order chi connectivity index (χ0) is 27.4. The smallest absolute Gasteiger partial charge is 0.416 e. The molecule has 4 rings (SSSR count). The van der Waals surface area contributed by atoms with Gasteiger partial charge in [-0.25, -0.2) is 4.79 Å².